The van der Waals surface area contributed by atoms with Crippen LogP contribution in [0.25, 0.3) is 5.57 Å². The van der Waals surface area contributed by atoms with Gasteiger partial charge in [-0.15, -0.1) is 0 Å². The van der Waals surface area contributed by atoms with Gasteiger partial charge in [0.2, 0.25) is 0 Å². The van der Waals surface area contributed by atoms with Gasteiger partial charge in [0.05, 0.1) is 27.0 Å². The first-order valence-electron chi connectivity index (χ1n) is 12.4. The molecule has 41 heavy (non-hydrogen) atoms. The number of hydrogen-bond acceptors (Lipinski definition) is 8. The van der Waals surface area contributed by atoms with Crippen molar-refractivity contribution in [2.24, 2.45) is 5.92 Å². The molecule has 2 amide bonds. The summed E-state index contributed by atoms with van der Waals surface area (Å²) in [5.41, 5.74) is 0.168. The molecule has 3 atom stereocenters. The molecule has 0 spiro atoms. The maximum Gasteiger partial charge on any atom is 0.408 e. The zero-order chi connectivity index (χ0) is 29.3. The zero-order valence-electron chi connectivity index (χ0n) is 21.2. The number of aliphatic carboxylic acids is 1. The molecule has 2 heterocycles. The number of fused-ring (bicyclic) bond motifs is 1. The van der Waals surface area contributed by atoms with Crippen LogP contribution in [0.2, 0.25) is 0 Å². The van der Waals surface area contributed by atoms with Gasteiger partial charge < -0.3 is 15.2 Å². The predicted octanol–water partition coefficient (Wildman–Crippen LogP) is 3.68. The minimum absolute atomic E-state index is 0.0655. The molecule has 0 aliphatic carbocycles. The van der Waals surface area contributed by atoms with Crippen molar-refractivity contribution >= 4 is 34.9 Å². The average molecular weight is 559 g/mol. The van der Waals surface area contributed by atoms with Crippen molar-refractivity contribution in [1.29, 1.82) is 0 Å². The Bertz CT molecular complexity index is 1600. The molecule has 0 radical (unpaired) electrons. The van der Waals surface area contributed by atoms with E-state index < -0.39 is 52.4 Å². The second-order valence-electron chi connectivity index (χ2n) is 9.42. The third-order valence-corrected chi connectivity index (χ3v) is 7.13. The van der Waals surface area contributed by atoms with Gasteiger partial charge in [-0.05, 0) is 24.1 Å². The van der Waals surface area contributed by atoms with E-state index in [1.165, 1.54) is 36.4 Å². The lowest BCUT2D eigenvalue weighted by Crippen LogP contribution is -2.70. The highest BCUT2D eigenvalue weighted by Gasteiger charge is 2.61. The van der Waals surface area contributed by atoms with Gasteiger partial charge >= 0.3 is 12.1 Å². The number of nitro groups is 2. The van der Waals surface area contributed by atoms with Crippen LogP contribution in [-0.4, -0.2) is 49.9 Å². The van der Waals surface area contributed by atoms with Crippen molar-refractivity contribution < 1.29 is 34.1 Å². The fraction of sp³-hybridized carbons (Fsp3) is 0.179. The lowest BCUT2D eigenvalue weighted by atomic mass is 9.78. The van der Waals surface area contributed by atoms with Crippen LogP contribution in [0.5, 0.6) is 0 Å². The Morgan fingerprint density at radius 2 is 1.51 bits per heavy atom. The van der Waals surface area contributed by atoms with E-state index in [1.807, 2.05) is 12.1 Å². The highest BCUT2D eigenvalue weighted by molar-refractivity contribution is 6.09. The fourth-order valence-corrected chi connectivity index (χ4v) is 5.42. The summed E-state index contributed by atoms with van der Waals surface area (Å²) in [5.74, 6) is -2.89. The SMILES string of the molecule is O=C(NC1C(=O)N2C(C(=O)O)=C(c3ccccc3[N+](=O)[O-])C(Cc3ccccc3)[C@H]12)OCc1ccccc1[N+](=O)[O-]. The number of alkyl carbamates (subject to hydrolysis) is 1. The Morgan fingerprint density at radius 3 is 2.17 bits per heavy atom. The zero-order valence-corrected chi connectivity index (χ0v) is 21.2. The largest absolute Gasteiger partial charge is 0.477 e. The van der Waals surface area contributed by atoms with E-state index in [4.69, 9.17) is 4.74 Å². The molecular formula is C28H22N4O9. The topological polar surface area (TPSA) is 182 Å². The number of carbonyl (C=O) groups excluding carboxylic acids is 2. The number of nitrogens with zero attached hydrogens (tertiary/aromatic N) is 3. The van der Waals surface area contributed by atoms with Crippen molar-refractivity contribution in [3.63, 3.8) is 0 Å². The van der Waals surface area contributed by atoms with Crippen molar-refractivity contribution in [1.82, 2.24) is 10.2 Å². The van der Waals surface area contributed by atoms with Gasteiger partial charge in [-0.2, -0.15) is 0 Å². The lowest BCUT2D eigenvalue weighted by Gasteiger charge is -2.45. The molecule has 5 rings (SSSR count). The number of carboxylic acids is 1. The molecule has 13 nitrogen and oxygen atoms in total. The fourth-order valence-electron chi connectivity index (χ4n) is 5.42. The molecule has 2 aliphatic rings. The maximum absolute atomic E-state index is 13.2. The van der Waals surface area contributed by atoms with Crippen LogP contribution < -0.4 is 5.32 Å². The molecule has 0 bridgehead atoms. The summed E-state index contributed by atoms with van der Waals surface area (Å²) in [6.45, 7) is -0.439. The van der Waals surface area contributed by atoms with E-state index in [-0.39, 0.29) is 40.2 Å². The van der Waals surface area contributed by atoms with E-state index in [0.29, 0.717) is 0 Å². The van der Waals surface area contributed by atoms with Gasteiger partial charge in [-0.1, -0.05) is 54.6 Å². The number of rotatable bonds is 9. The van der Waals surface area contributed by atoms with E-state index in [0.717, 1.165) is 10.5 Å². The van der Waals surface area contributed by atoms with Gasteiger partial charge in [0, 0.05) is 23.6 Å². The molecule has 3 aromatic carbocycles. The Kier molecular flexibility index (Phi) is 7.17. The van der Waals surface area contributed by atoms with E-state index in [2.05, 4.69) is 5.32 Å². The number of β-lactam (4-membered cyclic amide) rings is 1. The van der Waals surface area contributed by atoms with Crippen LogP contribution in [0.3, 0.4) is 0 Å². The second-order valence-corrected chi connectivity index (χ2v) is 9.42. The van der Waals surface area contributed by atoms with Crippen molar-refractivity contribution in [2.45, 2.75) is 25.1 Å². The van der Waals surface area contributed by atoms with Crippen LogP contribution in [0, 0.1) is 26.1 Å². The summed E-state index contributed by atoms with van der Waals surface area (Å²) in [4.78, 5) is 61.4. The lowest BCUT2D eigenvalue weighted by molar-refractivity contribution is -0.385. The summed E-state index contributed by atoms with van der Waals surface area (Å²) in [6, 6.07) is 18.3. The molecule has 0 aromatic heterocycles. The van der Waals surface area contributed by atoms with Crippen molar-refractivity contribution in [3.05, 3.63) is 121 Å². The Hall–Kier alpha value is -5.59. The number of hydrogen-bond donors (Lipinski definition) is 2. The summed E-state index contributed by atoms with van der Waals surface area (Å²) in [5, 5.41) is 35.7. The summed E-state index contributed by atoms with van der Waals surface area (Å²) in [7, 11) is 0. The highest BCUT2D eigenvalue weighted by Crippen LogP contribution is 2.50. The molecule has 1 saturated heterocycles. The highest BCUT2D eigenvalue weighted by atomic mass is 16.6. The molecule has 1 fully saturated rings. The van der Waals surface area contributed by atoms with E-state index in [1.54, 1.807) is 30.3 Å². The molecular weight excluding hydrogens is 536 g/mol. The van der Waals surface area contributed by atoms with Gasteiger partial charge in [-0.25, -0.2) is 9.59 Å². The van der Waals surface area contributed by atoms with E-state index >= 15 is 0 Å². The van der Waals surface area contributed by atoms with Crippen LogP contribution in [0.4, 0.5) is 16.2 Å². The summed E-state index contributed by atoms with van der Waals surface area (Å²) in [6.07, 6.45) is -0.813. The predicted molar refractivity (Wildman–Crippen MR) is 142 cm³/mol. The van der Waals surface area contributed by atoms with E-state index in [9.17, 15) is 39.7 Å². The minimum Gasteiger partial charge on any atom is -0.477 e. The molecule has 2 unspecified atom stereocenters. The third-order valence-electron chi connectivity index (χ3n) is 7.13. The Morgan fingerprint density at radius 1 is 0.902 bits per heavy atom. The smallest absolute Gasteiger partial charge is 0.408 e. The number of benzene rings is 3. The van der Waals surface area contributed by atoms with Crippen LogP contribution in [0.1, 0.15) is 16.7 Å². The first kappa shape index (κ1) is 27.0. The Balaban J connectivity index is 1.47. The third kappa shape index (κ3) is 4.95. The summed E-state index contributed by atoms with van der Waals surface area (Å²) < 4.78 is 5.17. The molecule has 2 aliphatic heterocycles. The van der Waals surface area contributed by atoms with Gasteiger partial charge in [0.25, 0.3) is 17.3 Å². The number of carbonyl (C=O) groups is 3. The van der Waals surface area contributed by atoms with Gasteiger partial charge in [-0.3, -0.25) is 29.9 Å². The normalized spacial score (nSPS) is 19.3. The number of carboxylic acid groups (broad SMARTS) is 1. The monoisotopic (exact) mass is 558 g/mol. The number of para-hydroxylation sites is 2. The van der Waals surface area contributed by atoms with Crippen LogP contribution >= 0.6 is 0 Å². The molecule has 13 heteroatoms. The Labute approximate surface area is 232 Å². The molecule has 3 aromatic rings. The number of nitrogens with one attached hydrogen (secondary N) is 1. The first-order chi connectivity index (χ1) is 19.7. The maximum atomic E-state index is 13.2. The standard InChI is InChI=1S/C28H22N4O9/c33-26-23(29-28(36)41-15-17-10-4-6-12-20(17)31(37)38)24-19(14-16-8-2-1-3-9-16)22(25(27(34)35)30(24)26)18-11-5-7-13-21(18)32(39)40/h1-13,19,23-24H,14-15H2,(H,29,36)(H,34,35)/t19?,23?,24-/m1/s1. The summed E-state index contributed by atoms with van der Waals surface area (Å²) >= 11 is 0. The van der Waals surface area contributed by atoms with Crippen LogP contribution in [0.15, 0.2) is 84.6 Å². The van der Waals surface area contributed by atoms with Crippen LogP contribution in [-0.2, 0) is 27.4 Å². The van der Waals surface area contributed by atoms with Crippen molar-refractivity contribution in [2.75, 3.05) is 0 Å². The van der Waals surface area contributed by atoms with Crippen molar-refractivity contribution in [3.8, 4) is 0 Å². The first-order valence-corrected chi connectivity index (χ1v) is 12.4. The molecule has 0 saturated carbocycles. The minimum atomic E-state index is -1.44. The average Bonchev–Trinajstić information content (AvgIpc) is 3.26. The number of amides is 2. The quantitative estimate of drug-likeness (QED) is 0.225. The molecule has 208 valence electrons. The second kappa shape index (κ2) is 10.9. The molecule has 2 N–H and O–H groups in total. The number of ether oxygens (including phenoxy) is 1. The van der Waals surface area contributed by atoms with Gasteiger partial charge in [0.15, 0.2) is 0 Å². The van der Waals surface area contributed by atoms with Gasteiger partial charge in [0.1, 0.15) is 18.3 Å². The number of nitro benzene ring substituents is 2.